The van der Waals surface area contributed by atoms with Crippen molar-refractivity contribution in [1.29, 1.82) is 5.41 Å². The van der Waals surface area contributed by atoms with Crippen LogP contribution in [0.5, 0.6) is 0 Å². The summed E-state index contributed by atoms with van der Waals surface area (Å²) in [6.45, 7) is 0. The summed E-state index contributed by atoms with van der Waals surface area (Å²) in [6, 6.07) is 1.80. The molecular weight excluding hydrogens is 130 g/mol. The van der Waals surface area contributed by atoms with Gasteiger partial charge in [0.2, 0.25) is 5.71 Å². The summed E-state index contributed by atoms with van der Waals surface area (Å²) in [7, 11) is 0. The molecule has 4 nitrogen and oxygen atoms in total. The van der Waals surface area contributed by atoms with Crippen LogP contribution >= 0.6 is 0 Å². The Morgan fingerprint density at radius 2 is 2.60 bits per heavy atom. The second-order valence-corrected chi connectivity index (χ2v) is 1.98. The smallest absolute Gasteiger partial charge is 0.236 e. The van der Waals surface area contributed by atoms with E-state index in [-0.39, 0.29) is 0 Å². The minimum absolute atomic E-state index is 0.624. The van der Waals surface area contributed by atoms with Gasteiger partial charge in [0.05, 0.1) is 17.3 Å². The lowest BCUT2D eigenvalue weighted by molar-refractivity contribution is 0.449. The first kappa shape index (κ1) is 5.22. The van der Waals surface area contributed by atoms with Crippen molar-refractivity contribution in [2.24, 2.45) is 0 Å². The molecule has 0 aromatic carbocycles. The lowest BCUT2D eigenvalue weighted by atomic mass is 10.4. The number of hydrogen-bond acceptors (Lipinski definition) is 3. The van der Waals surface area contributed by atoms with Gasteiger partial charge in [-0.15, -0.1) is 0 Å². The molecule has 50 valence electrons. The third-order valence-corrected chi connectivity index (χ3v) is 1.32. The van der Waals surface area contributed by atoms with E-state index in [0.29, 0.717) is 5.71 Å². The standard InChI is InChI=1S/C6H5N3O/c7-2-5-1-4-3-8-10-6(4)9-5/h1-3,7,9H. The minimum atomic E-state index is 0.624. The van der Waals surface area contributed by atoms with Crippen LogP contribution in [0, 0.1) is 5.41 Å². The van der Waals surface area contributed by atoms with Crippen molar-refractivity contribution in [1.82, 2.24) is 10.1 Å². The first-order valence-corrected chi connectivity index (χ1v) is 2.84. The number of hydrogen-bond donors (Lipinski definition) is 2. The summed E-state index contributed by atoms with van der Waals surface area (Å²) in [5, 5.41) is 11.4. The maximum atomic E-state index is 6.90. The third-order valence-electron chi connectivity index (χ3n) is 1.32. The fourth-order valence-corrected chi connectivity index (χ4v) is 0.857. The van der Waals surface area contributed by atoms with E-state index < -0.39 is 0 Å². The highest BCUT2D eigenvalue weighted by Gasteiger charge is 2.00. The van der Waals surface area contributed by atoms with Gasteiger partial charge in [0.15, 0.2) is 0 Å². The quantitative estimate of drug-likeness (QED) is 0.576. The molecule has 0 amide bonds. The molecule has 0 saturated heterocycles. The van der Waals surface area contributed by atoms with Crippen LogP contribution < -0.4 is 0 Å². The summed E-state index contributed by atoms with van der Waals surface area (Å²) < 4.78 is 4.79. The van der Waals surface area contributed by atoms with E-state index in [9.17, 15) is 0 Å². The maximum Gasteiger partial charge on any atom is 0.236 e. The highest BCUT2D eigenvalue weighted by molar-refractivity contribution is 5.85. The zero-order valence-electron chi connectivity index (χ0n) is 5.09. The molecule has 0 unspecified atom stereocenters. The van der Waals surface area contributed by atoms with Crippen LogP contribution in [0.3, 0.4) is 0 Å². The van der Waals surface area contributed by atoms with E-state index in [4.69, 9.17) is 9.93 Å². The van der Waals surface area contributed by atoms with E-state index in [2.05, 4.69) is 10.1 Å². The molecule has 2 aromatic heterocycles. The Labute approximate surface area is 56.3 Å². The molecule has 2 N–H and O–H groups in total. The first-order valence-electron chi connectivity index (χ1n) is 2.84. The van der Waals surface area contributed by atoms with Crippen LogP contribution in [-0.4, -0.2) is 16.4 Å². The van der Waals surface area contributed by atoms with Crippen molar-refractivity contribution in [2.45, 2.75) is 0 Å². The van der Waals surface area contributed by atoms with Crippen molar-refractivity contribution in [3.05, 3.63) is 18.0 Å². The number of nitrogens with zero attached hydrogens (tertiary/aromatic N) is 1. The molecule has 0 atom stereocenters. The molecule has 2 aromatic rings. The summed E-state index contributed by atoms with van der Waals surface area (Å²) >= 11 is 0. The molecule has 0 bridgehead atoms. The Morgan fingerprint density at radius 3 is 3.30 bits per heavy atom. The second kappa shape index (κ2) is 1.70. The molecule has 0 aliphatic rings. The Morgan fingerprint density at radius 1 is 1.70 bits per heavy atom. The van der Waals surface area contributed by atoms with Gasteiger partial charge in [0.1, 0.15) is 0 Å². The van der Waals surface area contributed by atoms with Gasteiger partial charge < -0.3 is 14.9 Å². The number of aromatic nitrogens is 2. The van der Waals surface area contributed by atoms with Gasteiger partial charge in [0, 0.05) is 6.21 Å². The van der Waals surface area contributed by atoms with Crippen molar-refractivity contribution in [2.75, 3.05) is 0 Å². The summed E-state index contributed by atoms with van der Waals surface area (Å²) in [5.41, 5.74) is 1.36. The van der Waals surface area contributed by atoms with Crippen LogP contribution in [-0.2, 0) is 0 Å². The zero-order valence-corrected chi connectivity index (χ0v) is 5.09. The van der Waals surface area contributed by atoms with Crippen molar-refractivity contribution < 1.29 is 4.52 Å². The largest absolute Gasteiger partial charge is 0.338 e. The molecule has 10 heavy (non-hydrogen) atoms. The zero-order chi connectivity index (χ0) is 6.97. The Bertz CT molecular complexity index is 331. The number of rotatable bonds is 1. The van der Waals surface area contributed by atoms with Gasteiger partial charge in [-0.1, -0.05) is 5.16 Å². The Kier molecular flexibility index (Phi) is 0.887. The van der Waals surface area contributed by atoms with Gasteiger partial charge in [-0.2, -0.15) is 0 Å². The van der Waals surface area contributed by atoms with Crippen LogP contribution in [0.15, 0.2) is 16.8 Å². The fourth-order valence-electron chi connectivity index (χ4n) is 0.857. The molecule has 0 radical (unpaired) electrons. The average Bonchev–Trinajstić information content (AvgIpc) is 2.42. The Balaban J connectivity index is 2.78. The van der Waals surface area contributed by atoms with Gasteiger partial charge in [-0.05, 0) is 6.07 Å². The van der Waals surface area contributed by atoms with Crippen molar-refractivity contribution >= 4 is 17.3 Å². The van der Waals surface area contributed by atoms with E-state index in [0.717, 1.165) is 11.1 Å². The van der Waals surface area contributed by atoms with Crippen LogP contribution in [0.2, 0.25) is 0 Å². The van der Waals surface area contributed by atoms with E-state index in [1.54, 1.807) is 12.3 Å². The summed E-state index contributed by atoms with van der Waals surface area (Å²) in [5.74, 6) is 0. The topological polar surface area (TPSA) is 65.7 Å². The van der Waals surface area contributed by atoms with E-state index in [1.807, 2.05) is 0 Å². The molecule has 0 aliphatic heterocycles. The predicted octanol–water partition coefficient (Wildman–Crippen LogP) is 1.15. The van der Waals surface area contributed by atoms with Gasteiger partial charge in [-0.25, -0.2) is 0 Å². The SMILES string of the molecule is N=Cc1cc2cnoc2[nH]1. The van der Waals surface area contributed by atoms with Crippen LogP contribution in [0.4, 0.5) is 0 Å². The van der Waals surface area contributed by atoms with Gasteiger partial charge in [-0.3, -0.25) is 0 Å². The first-order chi connectivity index (χ1) is 4.90. The van der Waals surface area contributed by atoms with E-state index >= 15 is 0 Å². The monoisotopic (exact) mass is 135 g/mol. The normalized spacial score (nSPS) is 10.4. The molecule has 4 heteroatoms. The van der Waals surface area contributed by atoms with Crippen molar-refractivity contribution in [3.63, 3.8) is 0 Å². The predicted molar refractivity (Wildman–Crippen MR) is 36.2 cm³/mol. The van der Waals surface area contributed by atoms with Gasteiger partial charge >= 0.3 is 0 Å². The van der Waals surface area contributed by atoms with E-state index in [1.165, 1.54) is 6.21 Å². The number of aromatic amines is 1. The molecule has 0 saturated carbocycles. The van der Waals surface area contributed by atoms with Crippen LogP contribution in [0.25, 0.3) is 11.1 Å². The molecule has 2 heterocycles. The lowest BCUT2D eigenvalue weighted by Crippen LogP contribution is -1.74. The third kappa shape index (κ3) is 0.556. The number of nitrogens with one attached hydrogen (secondary N) is 2. The minimum Gasteiger partial charge on any atom is -0.338 e. The molecular formula is C6H5N3O. The average molecular weight is 135 g/mol. The maximum absolute atomic E-state index is 6.90. The summed E-state index contributed by atoms with van der Waals surface area (Å²) in [6.07, 6.45) is 2.84. The molecule has 2 rings (SSSR count). The lowest BCUT2D eigenvalue weighted by Gasteiger charge is -1.75. The highest BCUT2D eigenvalue weighted by Crippen LogP contribution is 2.11. The van der Waals surface area contributed by atoms with Crippen LogP contribution in [0.1, 0.15) is 5.69 Å². The Hall–Kier alpha value is -1.58. The fraction of sp³-hybridized carbons (Fsp3) is 0. The van der Waals surface area contributed by atoms with Gasteiger partial charge in [0.25, 0.3) is 0 Å². The summed E-state index contributed by atoms with van der Waals surface area (Å²) in [4.78, 5) is 2.85. The second-order valence-electron chi connectivity index (χ2n) is 1.98. The number of H-pyrrole nitrogens is 1. The van der Waals surface area contributed by atoms with Crippen molar-refractivity contribution in [3.8, 4) is 0 Å². The molecule has 0 spiro atoms. The molecule has 0 aliphatic carbocycles. The number of fused-ring (bicyclic) bond motifs is 1. The molecule has 0 fully saturated rings. The highest BCUT2D eigenvalue weighted by atomic mass is 16.5.